The second-order valence-electron chi connectivity index (χ2n) is 7.99. The van der Waals surface area contributed by atoms with Gasteiger partial charge in [-0.25, -0.2) is 9.78 Å². The van der Waals surface area contributed by atoms with Gasteiger partial charge in [0.2, 0.25) is 0 Å². The van der Waals surface area contributed by atoms with Crippen LogP contribution in [0.1, 0.15) is 20.8 Å². The number of nitrogens with two attached hydrogens (primary N) is 1. The number of para-hydroxylation sites is 2. The van der Waals surface area contributed by atoms with Gasteiger partial charge in [-0.2, -0.15) is 0 Å². The van der Waals surface area contributed by atoms with Crippen molar-refractivity contribution in [2.45, 2.75) is 26.4 Å². The third kappa shape index (κ3) is 6.46. The van der Waals surface area contributed by atoms with E-state index in [1.54, 1.807) is 13.2 Å². The van der Waals surface area contributed by atoms with Crippen molar-refractivity contribution in [3.05, 3.63) is 66.9 Å². The molecule has 166 valence electrons. The quantitative estimate of drug-likeness (QED) is 0.402. The first-order valence-corrected chi connectivity index (χ1v) is 10.1. The van der Waals surface area contributed by atoms with E-state index >= 15 is 0 Å². The van der Waals surface area contributed by atoms with Crippen LogP contribution in [0, 0.1) is 0 Å². The molecule has 0 saturated carbocycles. The summed E-state index contributed by atoms with van der Waals surface area (Å²) in [5, 5.41) is 5.78. The number of pyridine rings is 1. The van der Waals surface area contributed by atoms with E-state index in [1.807, 2.05) is 81.6 Å². The zero-order valence-electron chi connectivity index (χ0n) is 18.6. The van der Waals surface area contributed by atoms with Gasteiger partial charge < -0.3 is 20.5 Å². The SMILES string of the molecule is COc1ccccc1NC(N)=Nc1ccc(-c2cccc(NC(=O)OC(C)(C)C)c2)c[nH+]1. The van der Waals surface area contributed by atoms with E-state index in [9.17, 15) is 4.79 Å². The minimum atomic E-state index is -0.560. The molecule has 0 aliphatic rings. The second kappa shape index (κ2) is 9.82. The van der Waals surface area contributed by atoms with Crippen LogP contribution in [0.15, 0.2) is 71.9 Å². The number of H-pyrrole nitrogens is 1. The molecule has 0 radical (unpaired) electrons. The van der Waals surface area contributed by atoms with Gasteiger partial charge >= 0.3 is 17.9 Å². The molecule has 8 nitrogen and oxygen atoms in total. The summed E-state index contributed by atoms with van der Waals surface area (Å²) in [7, 11) is 1.60. The Kier molecular flexibility index (Phi) is 6.94. The number of rotatable bonds is 5. The normalized spacial score (nSPS) is 11.6. The molecule has 8 heteroatoms. The standard InChI is InChI=1S/C24H27N5O3/c1-24(2,3)32-23(30)27-18-9-7-8-16(14-18)17-12-13-21(26-15-17)29-22(25)28-19-10-5-6-11-20(19)31-4/h5-15H,1-4H3,(H,27,30)(H3,25,26,28,29)/p+1. The number of ether oxygens (including phenoxy) is 2. The number of amides is 1. The van der Waals surface area contributed by atoms with Crippen LogP contribution in [0.5, 0.6) is 5.75 Å². The van der Waals surface area contributed by atoms with E-state index < -0.39 is 11.7 Å². The second-order valence-corrected chi connectivity index (χ2v) is 7.99. The Hall–Kier alpha value is -4.07. The number of carbonyl (C=O) groups excluding carboxylic acids is 1. The largest absolute Gasteiger partial charge is 0.495 e. The van der Waals surface area contributed by atoms with Gasteiger partial charge in [0, 0.05) is 17.3 Å². The van der Waals surface area contributed by atoms with Crippen molar-refractivity contribution in [3.8, 4) is 16.9 Å². The highest BCUT2D eigenvalue weighted by molar-refractivity contribution is 5.95. The van der Waals surface area contributed by atoms with Crippen molar-refractivity contribution >= 4 is 29.2 Å². The monoisotopic (exact) mass is 434 g/mol. The predicted molar refractivity (Wildman–Crippen MR) is 126 cm³/mol. The molecule has 0 bridgehead atoms. The molecule has 2 aromatic carbocycles. The van der Waals surface area contributed by atoms with Crippen molar-refractivity contribution in [2.75, 3.05) is 17.7 Å². The van der Waals surface area contributed by atoms with Crippen molar-refractivity contribution in [1.82, 2.24) is 0 Å². The molecule has 5 N–H and O–H groups in total. The molecule has 1 aromatic heterocycles. The number of methoxy groups -OCH3 is 1. The lowest BCUT2D eigenvalue weighted by Crippen LogP contribution is -2.27. The zero-order chi connectivity index (χ0) is 23.1. The Labute approximate surface area is 187 Å². The number of carbonyl (C=O) groups is 1. The number of guanidine groups is 1. The topological polar surface area (TPSA) is 112 Å². The van der Waals surface area contributed by atoms with Crippen LogP contribution in [0.25, 0.3) is 11.1 Å². The molecule has 3 rings (SSSR count). The van der Waals surface area contributed by atoms with Gasteiger partial charge in [0.05, 0.1) is 19.0 Å². The molecule has 0 atom stereocenters. The Balaban J connectivity index is 1.70. The van der Waals surface area contributed by atoms with Gasteiger partial charge in [0.1, 0.15) is 11.4 Å². The summed E-state index contributed by atoms with van der Waals surface area (Å²) in [6.45, 7) is 5.46. The maximum Gasteiger partial charge on any atom is 0.412 e. The number of benzene rings is 2. The number of nitrogens with one attached hydrogen (secondary N) is 3. The van der Waals surface area contributed by atoms with Crippen LogP contribution in [-0.4, -0.2) is 24.8 Å². The van der Waals surface area contributed by atoms with Gasteiger partial charge in [-0.3, -0.25) is 5.32 Å². The number of aromatic amines is 1. The van der Waals surface area contributed by atoms with Crippen LogP contribution in [0.4, 0.5) is 22.0 Å². The molecule has 3 aromatic rings. The summed E-state index contributed by atoms with van der Waals surface area (Å²) in [5.41, 5.74) is 8.68. The van der Waals surface area contributed by atoms with Gasteiger partial charge in [-0.05, 0) is 61.7 Å². The van der Waals surface area contributed by atoms with Crippen LogP contribution in [0.3, 0.4) is 0 Å². The molecule has 0 aliphatic heterocycles. The summed E-state index contributed by atoms with van der Waals surface area (Å²) in [6, 6.07) is 18.7. The van der Waals surface area contributed by atoms with Gasteiger partial charge in [0.25, 0.3) is 0 Å². The molecule has 0 saturated heterocycles. The van der Waals surface area contributed by atoms with Gasteiger partial charge in [-0.15, -0.1) is 0 Å². The van der Waals surface area contributed by atoms with Gasteiger partial charge in [0.15, 0.2) is 0 Å². The number of aromatic nitrogens is 1. The predicted octanol–water partition coefficient (Wildman–Crippen LogP) is 4.58. The lowest BCUT2D eigenvalue weighted by atomic mass is 10.1. The Morgan fingerprint density at radius 3 is 2.47 bits per heavy atom. The van der Waals surface area contributed by atoms with E-state index in [0.29, 0.717) is 17.3 Å². The molecule has 0 unspecified atom stereocenters. The highest BCUT2D eigenvalue weighted by atomic mass is 16.6. The number of hydrogen-bond acceptors (Lipinski definition) is 4. The molecule has 0 fully saturated rings. The lowest BCUT2D eigenvalue weighted by molar-refractivity contribution is -0.361. The number of aliphatic imine (C=N–C) groups is 1. The van der Waals surface area contributed by atoms with Crippen molar-refractivity contribution < 1.29 is 19.3 Å². The fourth-order valence-electron chi connectivity index (χ4n) is 2.91. The summed E-state index contributed by atoms with van der Waals surface area (Å²) < 4.78 is 10.6. The first-order chi connectivity index (χ1) is 15.2. The summed E-state index contributed by atoms with van der Waals surface area (Å²) in [6.07, 6.45) is 1.32. The fraction of sp³-hybridized carbons (Fsp3) is 0.208. The molecule has 1 heterocycles. The molecule has 32 heavy (non-hydrogen) atoms. The van der Waals surface area contributed by atoms with Crippen LogP contribution in [-0.2, 0) is 4.74 Å². The van der Waals surface area contributed by atoms with E-state index in [1.165, 1.54) is 0 Å². The van der Waals surface area contributed by atoms with Crippen LogP contribution in [0.2, 0.25) is 0 Å². The average Bonchev–Trinajstić information content (AvgIpc) is 2.73. The third-order valence-corrected chi connectivity index (χ3v) is 4.25. The van der Waals surface area contributed by atoms with E-state index in [-0.39, 0.29) is 5.96 Å². The maximum absolute atomic E-state index is 12.0. The summed E-state index contributed by atoms with van der Waals surface area (Å²) >= 11 is 0. The van der Waals surface area contributed by atoms with E-state index in [4.69, 9.17) is 15.2 Å². The van der Waals surface area contributed by atoms with E-state index in [0.717, 1.165) is 16.8 Å². The Morgan fingerprint density at radius 1 is 1.00 bits per heavy atom. The highest BCUT2D eigenvalue weighted by Crippen LogP contribution is 2.24. The molecular weight excluding hydrogens is 406 g/mol. The van der Waals surface area contributed by atoms with Gasteiger partial charge in [-0.1, -0.05) is 24.3 Å². The number of anilines is 2. The zero-order valence-corrected chi connectivity index (χ0v) is 18.6. The Morgan fingerprint density at radius 2 is 1.78 bits per heavy atom. The molecule has 1 amide bonds. The van der Waals surface area contributed by atoms with E-state index in [2.05, 4.69) is 20.6 Å². The Bertz CT molecular complexity index is 1110. The minimum absolute atomic E-state index is 0.224. The lowest BCUT2D eigenvalue weighted by Gasteiger charge is -2.19. The van der Waals surface area contributed by atoms with Crippen molar-refractivity contribution in [3.63, 3.8) is 0 Å². The first-order valence-electron chi connectivity index (χ1n) is 10.1. The summed E-state index contributed by atoms with van der Waals surface area (Å²) in [4.78, 5) is 19.5. The fourth-order valence-corrected chi connectivity index (χ4v) is 2.91. The molecule has 0 spiro atoms. The third-order valence-electron chi connectivity index (χ3n) is 4.25. The first kappa shape index (κ1) is 22.6. The minimum Gasteiger partial charge on any atom is -0.495 e. The maximum atomic E-state index is 12.0. The number of hydrogen-bond donors (Lipinski definition) is 3. The molecular formula is C24H28N5O3+. The highest BCUT2D eigenvalue weighted by Gasteiger charge is 2.16. The van der Waals surface area contributed by atoms with Crippen LogP contribution >= 0.6 is 0 Å². The van der Waals surface area contributed by atoms with Crippen LogP contribution < -0.4 is 26.1 Å². The van der Waals surface area contributed by atoms with Crippen molar-refractivity contribution in [1.29, 1.82) is 0 Å². The number of nitrogens with zero attached hydrogens (tertiary/aromatic N) is 1. The smallest absolute Gasteiger partial charge is 0.412 e. The van der Waals surface area contributed by atoms with Crippen molar-refractivity contribution in [2.24, 2.45) is 10.7 Å². The average molecular weight is 435 g/mol. The molecule has 0 aliphatic carbocycles. The summed E-state index contributed by atoms with van der Waals surface area (Å²) in [5.74, 6) is 1.48.